The number of hydrogen-bond acceptors (Lipinski definition) is 6. The second kappa shape index (κ2) is 5.62. The van der Waals surface area contributed by atoms with E-state index in [9.17, 15) is 4.79 Å². The van der Waals surface area contributed by atoms with Crippen LogP contribution in [0.2, 0.25) is 0 Å². The van der Waals surface area contributed by atoms with Crippen LogP contribution in [0, 0.1) is 0 Å². The highest BCUT2D eigenvalue weighted by Crippen LogP contribution is 2.32. The summed E-state index contributed by atoms with van der Waals surface area (Å²) >= 11 is 1.18. The normalized spacial score (nSPS) is 18.4. The van der Waals surface area contributed by atoms with Crippen molar-refractivity contribution in [2.24, 2.45) is 0 Å². The lowest BCUT2D eigenvalue weighted by Gasteiger charge is -2.23. The quantitative estimate of drug-likeness (QED) is 0.862. The van der Waals surface area contributed by atoms with E-state index in [4.69, 9.17) is 0 Å². The molecule has 1 aliphatic rings. The molecule has 2 aromatic rings. The van der Waals surface area contributed by atoms with Crippen LogP contribution in [0.4, 0.5) is 0 Å². The zero-order chi connectivity index (χ0) is 13.9. The predicted octanol–water partition coefficient (Wildman–Crippen LogP) is 1.87. The molecule has 20 heavy (non-hydrogen) atoms. The van der Waals surface area contributed by atoms with Gasteiger partial charge in [0, 0.05) is 18.9 Å². The second-order valence-corrected chi connectivity index (χ2v) is 5.44. The van der Waals surface area contributed by atoms with Gasteiger partial charge in [-0.05, 0) is 30.8 Å². The first kappa shape index (κ1) is 13.1. The Bertz CT molecular complexity index is 600. The Morgan fingerprint density at radius 2 is 2.40 bits per heavy atom. The van der Waals surface area contributed by atoms with E-state index in [1.54, 1.807) is 18.6 Å². The van der Waals surface area contributed by atoms with E-state index in [-0.39, 0.29) is 11.9 Å². The lowest BCUT2D eigenvalue weighted by atomic mass is 10.1. The molecule has 0 saturated carbocycles. The van der Waals surface area contributed by atoms with Crippen LogP contribution in [0.5, 0.6) is 0 Å². The van der Waals surface area contributed by atoms with Crippen molar-refractivity contribution in [3.63, 3.8) is 0 Å². The molecule has 6 nitrogen and oxygen atoms in total. The van der Waals surface area contributed by atoms with Crippen LogP contribution < -0.4 is 0 Å². The smallest absolute Gasteiger partial charge is 0.268 e. The summed E-state index contributed by atoms with van der Waals surface area (Å²) < 4.78 is 3.90. The molecular weight excluding hydrogens is 274 g/mol. The minimum Gasteiger partial charge on any atom is -0.329 e. The summed E-state index contributed by atoms with van der Waals surface area (Å²) in [6.07, 6.45) is 7.69. The highest BCUT2D eigenvalue weighted by atomic mass is 32.1. The molecule has 104 valence electrons. The molecule has 7 heteroatoms. The number of likely N-dealkylation sites (tertiary alicyclic amines) is 1. The highest BCUT2D eigenvalue weighted by molar-refractivity contribution is 7.08. The molecule has 3 heterocycles. The van der Waals surface area contributed by atoms with Gasteiger partial charge in [0.2, 0.25) is 0 Å². The van der Waals surface area contributed by atoms with Gasteiger partial charge in [0.1, 0.15) is 4.88 Å². The Labute approximate surface area is 121 Å². The maximum absolute atomic E-state index is 12.7. The van der Waals surface area contributed by atoms with Gasteiger partial charge in [0.15, 0.2) is 0 Å². The van der Waals surface area contributed by atoms with E-state index in [1.165, 1.54) is 11.5 Å². The molecule has 1 saturated heterocycles. The van der Waals surface area contributed by atoms with Crippen molar-refractivity contribution in [3.8, 4) is 0 Å². The lowest BCUT2D eigenvalue weighted by molar-refractivity contribution is 0.0736. The molecule has 0 unspecified atom stereocenters. The standard InChI is InChI=1S/C13H15N5OS/c1-2-9-12(20-17-16-9)13(19)18-7-3-4-11(18)10-8-14-5-6-15-10/h5-6,8,11H,2-4,7H2,1H3/t11-/m1/s1. The van der Waals surface area contributed by atoms with Gasteiger partial charge in [-0.25, -0.2) is 0 Å². The fraction of sp³-hybridized carbons (Fsp3) is 0.462. The van der Waals surface area contributed by atoms with Crippen molar-refractivity contribution < 1.29 is 4.79 Å². The topological polar surface area (TPSA) is 71.9 Å². The van der Waals surface area contributed by atoms with E-state index < -0.39 is 0 Å². The molecule has 0 bridgehead atoms. The third kappa shape index (κ3) is 2.29. The Kier molecular flexibility index (Phi) is 3.68. The fourth-order valence-corrected chi connectivity index (χ4v) is 3.24. The van der Waals surface area contributed by atoms with Crippen molar-refractivity contribution in [2.45, 2.75) is 32.2 Å². The molecule has 0 aliphatic carbocycles. The van der Waals surface area contributed by atoms with Crippen molar-refractivity contribution >= 4 is 17.4 Å². The number of carbonyl (C=O) groups is 1. The van der Waals surface area contributed by atoms with Crippen molar-refractivity contribution in [1.82, 2.24) is 24.5 Å². The molecule has 0 spiro atoms. The van der Waals surface area contributed by atoms with Gasteiger partial charge in [-0.3, -0.25) is 14.8 Å². The largest absolute Gasteiger partial charge is 0.329 e. The molecule has 3 rings (SSSR count). The second-order valence-electron chi connectivity index (χ2n) is 4.69. The molecule has 0 radical (unpaired) electrons. The van der Waals surface area contributed by atoms with E-state index in [0.29, 0.717) is 4.88 Å². The van der Waals surface area contributed by atoms with Gasteiger partial charge in [-0.15, -0.1) is 5.10 Å². The minimum absolute atomic E-state index is 0.0167. The van der Waals surface area contributed by atoms with Crippen LogP contribution in [0.25, 0.3) is 0 Å². The number of aromatic nitrogens is 4. The Hall–Kier alpha value is -1.89. The monoisotopic (exact) mass is 289 g/mol. The Morgan fingerprint density at radius 1 is 1.50 bits per heavy atom. The molecule has 1 aliphatic heterocycles. The lowest BCUT2D eigenvalue weighted by Crippen LogP contribution is -2.31. The van der Waals surface area contributed by atoms with Crippen LogP contribution in [0.15, 0.2) is 18.6 Å². The van der Waals surface area contributed by atoms with E-state index >= 15 is 0 Å². The SMILES string of the molecule is CCc1nnsc1C(=O)N1CCC[C@@H]1c1cnccn1. The minimum atomic E-state index is 0.0167. The highest BCUT2D eigenvalue weighted by Gasteiger charge is 2.33. The van der Waals surface area contributed by atoms with E-state index in [2.05, 4.69) is 19.6 Å². The van der Waals surface area contributed by atoms with Gasteiger partial charge >= 0.3 is 0 Å². The number of nitrogens with zero attached hydrogens (tertiary/aromatic N) is 5. The first-order valence-corrected chi connectivity index (χ1v) is 7.46. The van der Waals surface area contributed by atoms with Crippen LogP contribution in [-0.4, -0.2) is 36.9 Å². The summed E-state index contributed by atoms with van der Waals surface area (Å²) in [5, 5.41) is 4.02. The average molecular weight is 289 g/mol. The zero-order valence-corrected chi connectivity index (χ0v) is 12.0. The summed E-state index contributed by atoms with van der Waals surface area (Å²) in [5.41, 5.74) is 1.64. The Balaban J connectivity index is 1.87. The maximum Gasteiger partial charge on any atom is 0.268 e. The number of carbonyl (C=O) groups excluding carboxylic acids is 1. The Morgan fingerprint density at radius 3 is 3.15 bits per heavy atom. The third-order valence-electron chi connectivity index (χ3n) is 3.52. The van der Waals surface area contributed by atoms with Gasteiger partial charge < -0.3 is 4.90 Å². The van der Waals surface area contributed by atoms with Crippen molar-refractivity contribution in [2.75, 3.05) is 6.54 Å². The number of rotatable bonds is 3. The summed E-state index contributed by atoms with van der Waals surface area (Å²) in [7, 11) is 0. The first-order valence-electron chi connectivity index (χ1n) is 6.69. The van der Waals surface area contributed by atoms with Crippen LogP contribution in [0.3, 0.4) is 0 Å². The maximum atomic E-state index is 12.7. The number of aryl methyl sites for hydroxylation is 1. The predicted molar refractivity (Wildman–Crippen MR) is 74.3 cm³/mol. The average Bonchev–Trinajstić information content (AvgIpc) is 3.16. The van der Waals surface area contributed by atoms with Gasteiger partial charge in [-0.1, -0.05) is 11.4 Å². The first-order chi connectivity index (χ1) is 9.81. The van der Waals surface area contributed by atoms with Gasteiger partial charge in [0.25, 0.3) is 5.91 Å². The molecule has 1 atom stereocenters. The van der Waals surface area contributed by atoms with Gasteiger partial charge in [-0.2, -0.15) is 0 Å². The third-order valence-corrected chi connectivity index (χ3v) is 4.28. The van der Waals surface area contributed by atoms with Crippen LogP contribution >= 0.6 is 11.5 Å². The molecule has 2 aromatic heterocycles. The van der Waals surface area contributed by atoms with Crippen LogP contribution in [0.1, 0.15) is 46.9 Å². The summed E-state index contributed by atoms with van der Waals surface area (Å²) in [6, 6.07) is 0.0167. The fourth-order valence-electron chi connectivity index (χ4n) is 2.53. The molecule has 0 N–H and O–H groups in total. The van der Waals surface area contributed by atoms with Crippen molar-refractivity contribution in [1.29, 1.82) is 0 Å². The van der Waals surface area contributed by atoms with Gasteiger partial charge in [0.05, 0.1) is 23.6 Å². The van der Waals surface area contributed by atoms with E-state index in [0.717, 1.165) is 37.2 Å². The molecular formula is C13H15N5OS. The van der Waals surface area contributed by atoms with Crippen LogP contribution in [-0.2, 0) is 6.42 Å². The summed E-state index contributed by atoms with van der Waals surface area (Å²) in [6.45, 7) is 2.73. The molecule has 1 amide bonds. The molecule has 0 aromatic carbocycles. The summed E-state index contributed by atoms with van der Waals surface area (Å²) in [5.74, 6) is 0.0185. The van der Waals surface area contributed by atoms with Crippen molar-refractivity contribution in [3.05, 3.63) is 34.9 Å². The molecule has 1 fully saturated rings. The number of hydrogen-bond donors (Lipinski definition) is 0. The zero-order valence-electron chi connectivity index (χ0n) is 11.2. The van der Waals surface area contributed by atoms with E-state index in [1.807, 2.05) is 11.8 Å². The summed E-state index contributed by atoms with van der Waals surface area (Å²) in [4.78, 5) is 23.6. The number of amides is 1.